The van der Waals surface area contributed by atoms with Crippen LogP contribution >= 0.6 is 45.2 Å². The minimum absolute atomic E-state index is 1.10. The van der Waals surface area contributed by atoms with Gasteiger partial charge in [-0.25, -0.2) is 0 Å². The summed E-state index contributed by atoms with van der Waals surface area (Å²) in [6, 6.07) is 0. The van der Waals surface area contributed by atoms with E-state index in [0.29, 0.717) is 0 Å². The number of rotatable bonds is 2. The molecule has 0 radical (unpaired) electrons. The molecule has 0 atom stereocenters. The van der Waals surface area contributed by atoms with Gasteiger partial charge >= 0.3 is 0 Å². The summed E-state index contributed by atoms with van der Waals surface area (Å²) >= 11 is 4.62. The average Bonchev–Trinajstić information content (AvgIpc) is 1.65. The summed E-state index contributed by atoms with van der Waals surface area (Å²) < 4.78 is 2.20. The van der Waals surface area contributed by atoms with E-state index in [1.165, 1.54) is 5.57 Å². The van der Waals surface area contributed by atoms with Crippen molar-refractivity contribution < 1.29 is 0 Å². The largest absolute Gasteiger partial charge is 0.0983 e. The lowest BCUT2D eigenvalue weighted by atomic mass is 10.4. The Morgan fingerprint density at radius 1 is 1.33 bits per heavy atom. The van der Waals surface area contributed by atoms with E-state index in [9.17, 15) is 0 Å². The van der Waals surface area contributed by atoms with Crippen LogP contribution < -0.4 is 0 Å². The molecule has 0 aliphatic carbocycles. The van der Waals surface area contributed by atoms with Crippen molar-refractivity contribution in [3.8, 4) is 0 Å². The fourth-order valence-electron chi connectivity index (χ4n) is 0.0357. The van der Waals surface area contributed by atoms with E-state index in [-0.39, 0.29) is 0 Å². The van der Waals surface area contributed by atoms with Gasteiger partial charge in [0.2, 0.25) is 0 Å². The van der Waals surface area contributed by atoms with Crippen LogP contribution in [0.3, 0.4) is 0 Å². The summed E-state index contributed by atoms with van der Waals surface area (Å²) in [7, 11) is 0. The van der Waals surface area contributed by atoms with Crippen LogP contribution in [0, 0.1) is 0 Å². The highest BCUT2D eigenvalue weighted by Gasteiger charge is 1.81. The monoisotopic (exact) mass is 308 g/mol. The molecule has 0 rings (SSSR count). The van der Waals surface area contributed by atoms with E-state index in [1.807, 2.05) is 0 Å². The van der Waals surface area contributed by atoms with Crippen molar-refractivity contribution in [3.05, 3.63) is 12.2 Å². The summed E-state index contributed by atoms with van der Waals surface area (Å²) in [4.78, 5) is 0. The molecule has 0 saturated carbocycles. The number of alkyl halides is 2. The quantitative estimate of drug-likeness (QED) is 0.417. The SMILES string of the molecule is C=C(CI)CI. The zero-order chi connectivity index (χ0) is 4.99. The minimum Gasteiger partial charge on any atom is -0.0983 e. The van der Waals surface area contributed by atoms with E-state index in [0.717, 1.165) is 8.86 Å². The van der Waals surface area contributed by atoms with Gasteiger partial charge in [0, 0.05) is 8.86 Å². The fourth-order valence-corrected chi connectivity index (χ4v) is 1.61. The predicted octanol–water partition coefficient (Wildman–Crippen LogP) is 2.41. The van der Waals surface area contributed by atoms with Gasteiger partial charge in [-0.05, 0) is 0 Å². The van der Waals surface area contributed by atoms with Crippen LogP contribution in [0.2, 0.25) is 0 Å². The first-order valence-corrected chi connectivity index (χ1v) is 4.65. The molecule has 36 valence electrons. The van der Waals surface area contributed by atoms with E-state index in [2.05, 4.69) is 51.8 Å². The molecule has 0 aromatic heterocycles. The Hall–Kier alpha value is 1.20. The van der Waals surface area contributed by atoms with Crippen molar-refractivity contribution in [2.24, 2.45) is 0 Å². The first-order chi connectivity index (χ1) is 2.81. The Labute approximate surface area is 65.7 Å². The zero-order valence-corrected chi connectivity index (χ0v) is 7.69. The smallest absolute Gasteiger partial charge is 0.0210 e. The molecule has 2 heteroatoms. The first-order valence-electron chi connectivity index (χ1n) is 1.60. The van der Waals surface area contributed by atoms with Crippen LogP contribution in [0.1, 0.15) is 0 Å². The maximum absolute atomic E-state index is 3.78. The Morgan fingerprint density at radius 3 is 1.67 bits per heavy atom. The molecule has 0 fully saturated rings. The summed E-state index contributed by atoms with van der Waals surface area (Å²) in [5.41, 5.74) is 1.32. The minimum atomic E-state index is 1.10. The third-order valence-electron chi connectivity index (χ3n) is 0.378. The van der Waals surface area contributed by atoms with Crippen molar-refractivity contribution in [1.29, 1.82) is 0 Å². The van der Waals surface area contributed by atoms with E-state index >= 15 is 0 Å². The van der Waals surface area contributed by atoms with Crippen LogP contribution in [-0.2, 0) is 0 Å². The second-order valence-corrected chi connectivity index (χ2v) is 2.54. The molecule has 0 amide bonds. The van der Waals surface area contributed by atoms with Gasteiger partial charge in [0.25, 0.3) is 0 Å². The molecule has 0 unspecified atom stereocenters. The van der Waals surface area contributed by atoms with Crippen LogP contribution in [0.25, 0.3) is 0 Å². The molecule has 0 spiro atoms. The van der Waals surface area contributed by atoms with Crippen LogP contribution in [0.4, 0.5) is 0 Å². The summed E-state index contributed by atoms with van der Waals surface area (Å²) in [6.07, 6.45) is 0. The van der Waals surface area contributed by atoms with E-state index in [4.69, 9.17) is 0 Å². The Bertz CT molecular complexity index is 43.5. The molecule has 0 heterocycles. The van der Waals surface area contributed by atoms with E-state index in [1.54, 1.807) is 0 Å². The van der Waals surface area contributed by atoms with Crippen molar-refractivity contribution in [3.63, 3.8) is 0 Å². The van der Waals surface area contributed by atoms with Crippen molar-refractivity contribution in [2.45, 2.75) is 0 Å². The van der Waals surface area contributed by atoms with Crippen LogP contribution in [-0.4, -0.2) is 8.86 Å². The highest BCUT2D eigenvalue weighted by atomic mass is 127. The van der Waals surface area contributed by atoms with E-state index < -0.39 is 0 Å². The molecule has 0 nitrogen and oxygen atoms in total. The third kappa shape index (κ3) is 3.39. The average molecular weight is 308 g/mol. The maximum Gasteiger partial charge on any atom is 0.0210 e. The first kappa shape index (κ1) is 7.20. The molecular weight excluding hydrogens is 302 g/mol. The standard InChI is InChI=1S/C4H6I2/c1-4(2-5)3-6/h1-3H2. The Morgan fingerprint density at radius 2 is 1.67 bits per heavy atom. The highest BCUT2D eigenvalue weighted by Crippen LogP contribution is 1.99. The lowest BCUT2D eigenvalue weighted by Crippen LogP contribution is -1.77. The Balaban J connectivity index is 2.99. The van der Waals surface area contributed by atoms with Crippen LogP contribution in [0.5, 0.6) is 0 Å². The van der Waals surface area contributed by atoms with Crippen molar-refractivity contribution >= 4 is 45.2 Å². The number of hydrogen-bond acceptors (Lipinski definition) is 0. The van der Waals surface area contributed by atoms with Gasteiger partial charge in [-0.3, -0.25) is 0 Å². The summed E-state index contributed by atoms with van der Waals surface area (Å²) in [5, 5.41) is 0. The van der Waals surface area contributed by atoms with Crippen molar-refractivity contribution in [2.75, 3.05) is 8.86 Å². The van der Waals surface area contributed by atoms with Gasteiger partial charge in [-0.1, -0.05) is 57.3 Å². The van der Waals surface area contributed by atoms with Crippen LogP contribution in [0.15, 0.2) is 12.2 Å². The van der Waals surface area contributed by atoms with Gasteiger partial charge in [-0.2, -0.15) is 0 Å². The second kappa shape index (κ2) is 4.36. The molecule has 0 aromatic carbocycles. The number of halogens is 2. The Kier molecular flexibility index (Phi) is 5.23. The highest BCUT2D eigenvalue weighted by molar-refractivity contribution is 14.1. The lowest BCUT2D eigenvalue weighted by molar-refractivity contribution is 1.52. The van der Waals surface area contributed by atoms with Crippen molar-refractivity contribution in [1.82, 2.24) is 0 Å². The van der Waals surface area contributed by atoms with Gasteiger partial charge < -0.3 is 0 Å². The normalized spacial score (nSPS) is 8.33. The molecule has 0 aromatic rings. The molecule has 6 heavy (non-hydrogen) atoms. The van der Waals surface area contributed by atoms with Gasteiger partial charge in [-0.15, -0.1) is 0 Å². The molecule has 0 saturated heterocycles. The molecular formula is C4H6I2. The lowest BCUT2D eigenvalue weighted by Gasteiger charge is -1.86. The maximum atomic E-state index is 3.78. The zero-order valence-electron chi connectivity index (χ0n) is 3.38. The second-order valence-electron chi connectivity index (χ2n) is 1.02. The topological polar surface area (TPSA) is 0 Å². The van der Waals surface area contributed by atoms with Gasteiger partial charge in [0.15, 0.2) is 0 Å². The number of allylic oxidation sites excluding steroid dienone is 1. The molecule has 0 bridgehead atoms. The number of hydrogen-bond donors (Lipinski definition) is 0. The third-order valence-corrected chi connectivity index (χ3v) is 2.54. The molecule has 0 aliphatic heterocycles. The molecule has 0 aliphatic rings. The summed E-state index contributed by atoms with van der Waals surface area (Å²) in [6.45, 7) is 3.78. The summed E-state index contributed by atoms with van der Waals surface area (Å²) in [5.74, 6) is 0. The predicted molar refractivity (Wildman–Crippen MR) is 46.9 cm³/mol. The van der Waals surface area contributed by atoms with Gasteiger partial charge in [0.05, 0.1) is 0 Å². The molecule has 0 N–H and O–H groups in total. The van der Waals surface area contributed by atoms with Gasteiger partial charge in [0.1, 0.15) is 0 Å². The fraction of sp³-hybridized carbons (Fsp3) is 0.500.